The average molecular weight is 413 g/mol. The van der Waals surface area contributed by atoms with Crippen LogP contribution in [0.1, 0.15) is 16.8 Å². The van der Waals surface area contributed by atoms with Gasteiger partial charge in [0.15, 0.2) is 5.17 Å². The van der Waals surface area contributed by atoms with Crippen LogP contribution in [-0.4, -0.2) is 56.5 Å². The second kappa shape index (κ2) is 9.35. The van der Waals surface area contributed by atoms with Crippen LogP contribution in [0.25, 0.3) is 0 Å². The molecule has 0 unspecified atom stereocenters. The van der Waals surface area contributed by atoms with Gasteiger partial charge in [-0.3, -0.25) is 14.5 Å². The zero-order valence-corrected chi connectivity index (χ0v) is 16.1. The third kappa shape index (κ3) is 5.21. The number of anilines is 1. The van der Waals surface area contributed by atoms with Crippen LogP contribution in [0.15, 0.2) is 59.6 Å². The maximum absolute atomic E-state index is 12.7. The molecule has 0 spiro atoms. The van der Waals surface area contributed by atoms with Crippen molar-refractivity contribution in [3.8, 4) is 0 Å². The Morgan fingerprint density at radius 2 is 1.79 bits per heavy atom. The lowest BCUT2D eigenvalue weighted by Gasteiger charge is -2.14. The number of amidine groups is 1. The standard InChI is InChI=1S/C20H19N3O5S/c24-11-10-23-18(26)16(29-20(23)22-14-4-2-1-3-5-14)12-17(25)21-15-8-6-13(7-9-15)19(27)28/h1-9,16,24H,10-12H2,(H,21,25)(H,27,28)/t16-/m1/s1. The maximum Gasteiger partial charge on any atom is 0.335 e. The van der Waals surface area contributed by atoms with E-state index in [1.165, 1.54) is 40.9 Å². The number of carbonyl (C=O) groups is 3. The third-order valence-electron chi connectivity index (χ3n) is 4.11. The zero-order valence-electron chi connectivity index (χ0n) is 15.3. The Labute approximate surface area is 171 Å². The fraction of sp³-hybridized carbons (Fsp3) is 0.200. The Hall–Kier alpha value is -3.17. The summed E-state index contributed by atoms with van der Waals surface area (Å²) < 4.78 is 0. The van der Waals surface area contributed by atoms with Gasteiger partial charge >= 0.3 is 5.97 Å². The number of carboxylic acid groups (broad SMARTS) is 1. The van der Waals surface area contributed by atoms with E-state index in [1.54, 1.807) is 12.1 Å². The van der Waals surface area contributed by atoms with Gasteiger partial charge in [0, 0.05) is 12.1 Å². The molecule has 8 nitrogen and oxygen atoms in total. The highest BCUT2D eigenvalue weighted by Gasteiger charge is 2.38. The molecular formula is C20H19N3O5S. The molecule has 0 radical (unpaired) electrons. The summed E-state index contributed by atoms with van der Waals surface area (Å²) in [6.07, 6.45) is -0.0695. The third-order valence-corrected chi connectivity index (χ3v) is 5.29. The van der Waals surface area contributed by atoms with Gasteiger partial charge in [0.05, 0.1) is 24.4 Å². The fourth-order valence-corrected chi connectivity index (χ4v) is 3.90. The average Bonchev–Trinajstić information content (AvgIpc) is 2.98. The van der Waals surface area contributed by atoms with Crippen LogP contribution in [-0.2, 0) is 9.59 Å². The molecule has 1 aliphatic rings. The number of aliphatic imine (C=N–C) groups is 1. The zero-order chi connectivity index (χ0) is 20.8. The molecule has 2 aromatic carbocycles. The minimum Gasteiger partial charge on any atom is -0.478 e. The van der Waals surface area contributed by atoms with Crippen LogP contribution < -0.4 is 5.32 Å². The number of aromatic carboxylic acids is 1. The molecule has 1 heterocycles. The van der Waals surface area contributed by atoms with Gasteiger partial charge in [-0.25, -0.2) is 9.79 Å². The van der Waals surface area contributed by atoms with Crippen LogP contribution in [0, 0.1) is 0 Å². The predicted molar refractivity (Wildman–Crippen MR) is 110 cm³/mol. The number of nitrogens with one attached hydrogen (secondary N) is 1. The summed E-state index contributed by atoms with van der Waals surface area (Å²) in [4.78, 5) is 41.8. The van der Waals surface area contributed by atoms with Gasteiger partial charge in [0.1, 0.15) is 5.25 Å². The SMILES string of the molecule is O=C(C[C@H]1SC(=Nc2ccccc2)N(CCO)C1=O)Nc1ccc(C(=O)O)cc1. The first kappa shape index (κ1) is 20.6. The number of para-hydroxylation sites is 1. The molecule has 0 aliphatic carbocycles. The molecule has 0 saturated carbocycles. The maximum atomic E-state index is 12.7. The van der Waals surface area contributed by atoms with E-state index >= 15 is 0 Å². The smallest absolute Gasteiger partial charge is 0.335 e. The summed E-state index contributed by atoms with van der Waals surface area (Å²) in [6.45, 7) is -0.110. The van der Waals surface area contributed by atoms with Crippen LogP contribution >= 0.6 is 11.8 Å². The summed E-state index contributed by atoms with van der Waals surface area (Å²) >= 11 is 1.18. The highest BCUT2D eigenvalue weighted by Crippen LogP contribution is 2.31. The van der Waals surface area contributed by atoms with Crippen LogP contribution in [0.4, 0.5) is 11.4 Å². The number of thioether (sulfide) groups is 1. The topological polar surface area (TPSA) is 119 Å². The van der Waals surface area contributed by atoms with E-state index in [0.29, 0.717) is 16.5 Å². The molecule has 2 aromatic rings. The molecule has 1 fully saturated rings. The summed E-state index contributed by atoms with van der Waals surface area (Å²) in [7, 11) is 0. The summed E-state index contributed by atoms with van der Waals surface area (Å²) in [5.74, 6) is -1.70. The second-order valence-electron chi connectivity index (χ2n) is 6.18. The lowest BCUT2D eigenvalue weighted by Crippen LogP contribution is -2.35. The van der Waals surface area contributed by atoms with Crippen molar-refractivity contribution in [2.45, 2.75) is 11.7 Å². The van der Waals surface area contributed by atoms with Gasteiger partial charge in [-0.1, -0.05) is 30.0 Å². The molecule has 150 valence electrons. The fourth-order valence-electron chi connectivity index (χ4n) is 2.72. The van der Waals surface area contributed by atoms with Crippen LogP contribution in [0.3, 0.4) is 0 Å². The van der Waals surface area contributed by atoms with Crippen molar-refractivity contribution in [3.63, 3.8) is 0 Å². The summed E-state index contributed by atoms with van der Waals surface area (Å²) in [6, 6.07) is 14.9. The lowest BCUT2D eigenvalue weighted by molar-refractivity contribution is -0.128. The molecule has 29 heavy (non-hydrogen) atoms. The van der Waals surface area contributed by atoms with E-state index < -0.39 is 11.2 Å². The summed E-state index contributed by atoms with van der Waals surface area (Å²) in [5.41, 5.74) is 1.24. The Morgan fingerprint density at radius 3 is 2.41 bits per heavy atom. The van der Waals surface area contributed by atoms with Crippen LogP contribution in [0.2, 0.25) is 0 Å². The minimum atomic E-state index is -1.05. The number of carbonyl (C=O) groups excluding carboxylic acids is 2. The van der Waals surface area contributed by atoms with Crippen molar-refractivity contribution in [1.82, 2.24) is 4.90 Å². The predicted octanol–water partition coefficient (Wildman–Crippen LogP) is 2.34. The number of hydrogen-bond acceptors (Lipinski definition) is 6. The van der Waals surface area contributed by atoms with Crippen molar-refractivity contribution >= 4 is 46.1 Å². The molecule has 3 N–H and O–H groups in total. The molecule has 9 heteroatoms. The van der Waals surface area contributed by atoms with E-state index in [4.69, 9.17) is 5.11 Å². The van der Waals surface area contributed by atoms with Gasteiger partial charge < -0.3 is 15.5 Å². The number of amides is 2. The largest absolute Gasteiger partial charge is 0.478 e. The highest BCUT2D eigenvalue weighted by atomic mass is 32.2. The van der Waals surface area contributed by atoms with Crippen molar-refractivity contribution in [3.05, 3.63) is 60.2 Å². The van der Waals surface area contributed by atoms with E-state index in [0.717, 1.165) is 0 Å². The number of aliphatic hydroxyl groups excluding tert-OH is 1. The van der Waals surface area contributed by atoms with Gasteiger partial charge in [0.25, 0.3) is 0 Å². The monoisotopic (exact) mass is 413 g/mol. The molecule has 0 bridgehead atoms. The van der Waals surface area contributed by atoms with Gasteiger partial charge in [-0.05, 0) is 36.4 Å². The van der Waals surface area contributed by atoms with Gasteiger partial charge in [0.2, 0.25) is 11.8 Å². The molecule has 1 atom stereocenters. The van der Waals surface area contributed by atoms with Gasteiger partial charge in [-0.15, -0.1) is 0 Å². The Kier molecular flexibility index (Phi) is 6.63. The van der Waals surface area contributed by atoms with Gasteiger partial charge in [-0.2, -0.15) is 0 Å². The van der Waals surface area contributed by atoms with E-state index in [-0.39, 0.29) is 37.0 Å². The second-order valence-corrected chi connectivity index (χ2v) is 7.35. The van der Waals surface area contributed by atoms with Crippen molar-refractivity contribution < 1.29 is 24.6 Å². The van der Waals surface area contributed by atoms with E-state index in [9.17, 15) is 19.5 Å². The first-order valence-electron chi connectivity index (χ1n) is 8.84. The Morgan fingerprint density at radius 1 is 1.10 bits per heavy atom. The van der Waals surface area contributed by atoms with Crippen LogP contribution in [0.5, 0.6) is 0 Å². The lowest BCUT2D eigenvalue weighted by atomic mass is 10.2. The minimum absolute atomic E-state index is 0.0695. The molecule has 1 saturated heterocycles. The number of nitrogens with zero attached hydrogens (tertiary/aromatic N) is 2. The molecule has 0 aromatic heterocycles. The van der Waals surface area contributed by atoms with Crippen molar-refractivity contribution in [2.75, 3.05) is 18.5 Å². The Bertz CT molecular complexity index is 931. The number of rotatable bonds is 7. The number of hydrogen-bond donors (Lipinski definition) is 3. The molecule has 1 aliphatic heterocycles. The van der Waals surface area contributed by atoms with Crippen molar-refractivity contribution in [2.24, 2.45) is 4.99 Å². The first-order chi connectivity index (χ1) is 14.0. The Balaban J connectivity index is 1.68. The number of carboxylic acids is 1. The highest BCUT2D eigenvalue weighted by molar-refractivity contribution is 8.15. The quantitative estimate of drug-likeness (QED) is 0.641. The number of β-amino-alcohol motifs (C(OH)–C–C–N with tert-alkyl or cyclic N) is 1. The molecule has 2 amide bonds. The summed E-state index contributed by atoms with van der Waals surface area (Å²) in [5, 5.41) is 20.6. The van der Waals surface area contributed by atoms with Crippen molar-refractivity contribution in [1.29, 1.82) is 0 Å². The molecular weight excluding hydrogens is 394 g/mol. The van der Waals surface area contributed by atoms with E-state index in [1.807, 2.05) is 18.2 Å². The number of benzene rings is 2. The normalized spacial score (nSPS) is 17.6. The first-order valence-corrected chi connectivity index (χ1v) is 9.71. The van der Waals surface area contributed by atoms with E-state index in [2.05, 4.69) is 10.3 Å². The number of aliphatic hydroxyl groups is 1. The molecule has 3 rings (SSSR count).